The minimum Gasteiger partial charge on any atom is -0.483 e. The average Bonchev–Trinajstić information content (AvgIpc) is 2.67. The average molecular weight is 438 g/mol. The molecule has 1 aromatic rings. The Bertz CT molecular complexity index is 675. The highest BCUT2D eigenvalue weighted by atomic mass is 16.6. The van der Waals surface area contributed by atoms with E-state index in [0.29, 0.717) is 31.7 Å². The summed E-state index contributed by atoms with van der Waals surface area (Å²) in [6.07, 6.45) is -0.316. The fraction of sp³-hybridized carbons (Fsp3) is 0.609. The van der Waals surface area contributed by atoms with E-state index >= 15 is 0 Å². The smallest absolute Gasteiger partial charge is 0.410 e. The second-order valence-corrected chi connectivity index (χ2v) is 8.71. The van der Waals surface area contributed by atoms with Crippen molar-refractivity contribution in [2.75, 3.05) is 38.0 Å². The molecule has 2 amide bonds. The van der Waals surface area contributed by atoms with Gasteiger partial charge < -0.3 is 25.0 Å². The zero-order chi connectivity index (χ0) is 24.0. The summed E-state index contributed by atoms with van der Waals surface area (Å²) in [5, 5.41) is 10.1. The fourth-order valence-corrected chi connectivity index (χ4v) is 2.57. The maximum absolute atomic E-state index is 12.6. The van der Waals surface area contributed by atoms with E-state index in [4.69, 9.17) is 14.6 Å². The molecule has 0 radical (unpaired) electrons. The van der Waals surface area contributed by atoms with Crippen LogP contribution in [0.1, 0.15) is 58.8 Å². The van der Waals surface area contributed by atoms with E-state index < -0.39 is 5.60 Å². The molecule has 176 valence electrons. The Morgan fingerprint density at radius 2 is 1.61 bits per heavy atom. The van der Waals surface area contributed by atoms with Crippen LogP contribution in [0.4, 0.5) is 10.5 Å². The molecule has 0 unspecified atom stereocenters. The van der Waals surface area contributed by atoms with Crippen LogP contribution in [0.3, 0.4) is 0 Å². The maximum atomic E-state index is 12.6. The van der Waals surface area contributed by atoms with Crippen molar-refractivity contribution >= 4 is 24.2 Å². The van der Waals surface area contributed by atoms with Gasteiger partial charge in [-0.05, 0) is 51.8 Å². The molecule has 0 aromatic heterocycles. The molecule has 1 aliphatic rings. The summed E-state index contributed by atoms with van der Waals surface area (Å²) >= 11 is 0. The van der Waals surface area contributed by atoms with Gasteiger partial charge >= 0.3 is 6.09 Å². The Morgan fingerprint density at radius 1 is 1.13 bits per heavy atom. The number of carbonyl (C=O) groups excluding carboxylic acids is 2. The van der Waals surface area contributed by atoms with Crippen LogP contribution >= 0.6 is 0 Å². The second kappa shape index (κ2) is 14.3. The summed E-state index contributed by atoms with van der Waals surface area (Å²) < 4.78 is 5.38. The van der Waals surface area contributed by atoms with Crippen LogP contribution in [0.2, 0.25) is 0 Å². The fourth-order valence-electron chi connectivity index (χ4n) is 2.57. The summed E-state index contributed by atoms with van der Waals surface area (Å²) in [6, 6.07) is 7.51. The number of nitrogens with zero attached hydrogens (tertiary/aromatic N) is 2. The number of nitrogens with one attached hydrogen (secondary N) is 1. The Balaban J connectivity index is 0.00000113. The summed E-state index contributed by atoms with van der Waals surface area (Å²) in [5.74, 6) is 0.832. The normalized spacial score (nSPS) is 13.3. The van der Waals surface area contributed by atoms with Gasteiger partial charge in [-0.1, -0.05) is 26.8 Å². The third kappa shape index (κ3) is 12.5. The van der Waals surface area contributed by atoms with Crippen molar-refractivity contribution in [1.29, 1.82) is 0 Å². The highest BCUT2D eigenvalue weighted by molar-refractivity contribution is 5.95. The van der Waals surface area contributed by atoms with E-state index in [9.17, 15) is 9.59 Å². The van der Waals surface area contributed by atoms with Crippen LogP contribution in [-0.2, 0) is 9.53 Å². The van der Waals surface area contributed by atoms with Gasteiger partial charge in [0.05, 0.1) is 0 Å². The van der Waals surface area contributed by atoms with Crippen molar-refractivity contribution in [2.45, 2.75) is 54.1 Å². The van der Waals surface area contributed by atoms with Crippen LogP contribution in [0.25, 0.3) is 0 Å². The van der Waals surface area contributed by atoms with E-state index in [1.54, 1.807) is 9.80 Å². The highest BCUT2D eigenvalue weighted by Gasteiger charge is 2.28. The topological polar surface area (TPSA) is 99.2 Å². The summed E-state index contributed by atoms with van der Waals surface area (Å²) in [7, 11) is 0. The molecule has 1 aromatic carbocycles. The first-order valence-electron chi connectivity index (χ1n) is 10.6. The van der Waals surface area contributed by atoms with Crippen molar-refractivity contribution in [3.8, 4) is 0 Å². The number of hydrogen-bond donors (Lipinski definition) is 2. The zero-order valence-corrected chi connectivity index (χ0v) is 20.0. The molecule has 8 heteroatoms. The number of ether oxygens (including phenoxy) is 1. The van der Waals surface area contributed by atoms with Crippen LogP contribution in [0, 0.1) is 5.92 Å². The summed E-state index contributed by atoms with van der Waals surface area (Å²) in [5.41, 5.74) is 1.10. The van der Waals surface area contributed by atoms with E-state index in [0.717, 1.165) is 18.2 Å². The molecular formula is C23H39N3O5. The highest BCUT2D eigenvalue weighted by Crippen LogP contribution is 2.16. The van der Waals surface area contributed by atoms with Gasteiger partial charge in [-0.2, -0.15) is 0 Å². The van der Waals surface area contributed by atoms with Gasteiger partial charge in [0.25, 0.3) is 12.4 Å². The molecular weight excluding hydrogens is 398 g/mol. The third-order valence-corrected chi connectivity index (χ3v) is 3.71. The van der Waals surface area contributed by atoms with E-state index in [1.807, 2.05) is 52.0 Å². The minimum absolute atomic E-state index is 0.00130. The number of anilines is 1. The minimum atomic E-state index is -0.503. The van der Waals surface area contributed by atoms with E-state index in [1.165, 1.54) is 0 Å². The van der Waals surface area contributed by atoms with Gasteiger partial charge in [-0.25, -0.2) is 4.79 Å². The van der Waals surface area contributed by atoms with Crippen LogP contribution < -0.4 is 5.32 Å². The van der Waals surface area contributed by atoms with Gasteiger partial charge in [-0.15, -0.1) is 0 Å². The molecule has 1 aliphatic heterocycles. The SMILES string of the molecule is CC(C)C.CCNc1cccc(C(=O)N2CCN(C(=O)OC(C)(C)C)CC2)c1.O=CO. The second-order valence-electron chi connectivity index (χ2n) is 8.71. The van der Waals surface area contributed by atoms with Crippen molar-refractivity contribution in [1.82, 2.24) is 9.80 Å². The molecule has 0 spiro atoms. The lowest BCUT2D eigenvalue weighted by Gasteiger charge is -2.35. The van der Waals surface area contributed by atoms with Crippen LogP contribution in [0.5, 0.6) is 0 Å². The Hall–Kier alpha value is -2.77. The Morgan fingerprint density at radius 3 is 2.06 bits per heavy atom. The van der Waals surface area contributed by atoms with Gasteiger partial charge in [-0.3, -0.25) is 9.59 Å². The summed E-state index contributed by atoms with van der Waals surface area (Å²) in [6.45, 7) is 16.6. The zero-order valence-electron chi connectivity index (χ0n) is 20.0. The first-order chi connectivity index (χ1) is 14.4. The van der Waals surface area contributed by atoms with Crippen molar-refractivity contribution < 1.29 is 24.2 Å². The lowest BCUT2D eigenvalue weighted by Crippen LogP contribution is -2.51. The number of hydrogen-bond acceptors (Lipinski definition) is 5. The summed E-state index contributed by atoms with van der Waals surface area (Å²) in [4.78, 5) is 36.5. The van der Waals surface area contributed by atoms with Crippen LogP contribution in [0.15, 0.2) is 24.3 Å². The number of piperazine rings is 1. The van der Waals surface area contributed by atoms with Crippen LogP contribution in [-0.4, -0.2) is 71.7 Å². The number of benzene rings is 1. The van der Waals surface area contributed by atoms with E-state index in [-0.39, 0.29) is 18.5 Å². The molecule has 1 heterocycles. The van der Waals surface area contributed by atoms with Crippen molar-refractivity contribution in [3.63, 3.8) is 0 Å². The predicted molar refractivity (Wildman–Crippen MR) is 124 cm³/mol. The van der Waals surface area contributed by atoms with Gasteiger partial charge in [0.1, 0.15) is 5.60 Å². The molecule has 0 atom stereocenters. The molecule has 0 saturated carbocycles. The lowest BCUT2D eigenvalue weighted by atomic mass is 10.1. The van der Waals surface area contributed by atoms with Crippen molar-refractivity contribution in [3.05, 3.63) is 29.8 Å². The molecule has 31 heavy (non-hydrogen) atoms. The number of carboxylic acid groups (broad SMARTS) is 1. The van der Waals surface area contributed by atoms with Gasteiger partial charge in [0.2, 0.25) is 0 Å². The standard InChI is InChI=1S/C18H27N3O3.C4H10.CH2O2/c1-5-19-15-8-6-7-14(13-15)16(22)20-9-11-21(12-10-20)17(23)24-18(2,3)4;1-4(2)3;2-1-3/h6-8,13,19H,5,9-12H2,1-4H3;4H,1-3H3;1H,(H,2,3). The number of rotatable bonds is 3. The van der Waals surface area contributed by atoms with E-state index in [2.05, 4.69) is 26.1 Å². The van der Waals surface area contributed by atoms with Gasteiger partial charge in [0, 0.05) is 44.0 Å². The Kier molecular flexibility index (Phi) is 13.0. The number of carbonyl (C=O) groups is 3. The molecule has 2 N–H and O–H groups in total. The largest absolute Gasteiger partial charge is 0.483 e. The molecule has 0 aliphatic carbocycles. The molecule has 0 bridgehead atoms. The third-order valence-electron chi connectivity index (χ3n) is 3.71. The predicted octanol–water partition coefficient (Wildman–Crippen LogP) is 4.17. The molecule has 1 saturated heterocycles. The van der Waals surface area contributed by atoms with Gasteiger partial charge in [0.15, 0.2) is 0 Å². The van der Waals surface area contributed by atoms with Crippen molar-refractivity contribution in [2.24, 2.45) is 5.92 Å². The first-order valence-corrected chi connectivity index (χ1v) is 10.6. The molecule has 1 fully saturated rings. The molecule has 8 nitrogen and oxygen atoms in total. The lowest BCUT2D eigenvalue weighted by molar-refractivity contribution is -0.122. The maximum Gasteiger partial charge on any atom is 0.410 e. The first kappa shape index (κ1) is 28.2. The number of amides is 2. The monoisotopic (exact) mass is 437 g/mol. The molecule has 2 rings (SSSR count). The quantitative estimate of drug-likeness (QED) is 0.689. The Labute approximate surface area is 186 Å².